The molecule has 0 bridgehead atoms. The molecule has 37 heavy (non-hydrogen) atoms. The highest BCUT2D eigenvalue weighted by molar-refractivity contribution is 6.26. The first-order chi connectivity index (χ1) is 17.7. The van der Waals surface area contributed by atoms with Crippen LogP contribution in [-0.4, -0.2) is 73.8 Å². The molecule has 4 aliphatic rings. The van der Waals surface area contributed by atoms with Gasteiger partial charge in [0.05, 0.1) is 39.7 Å². The third-order valence-electron chi connectivity index (χ3n) is 8.01. The molecule has 192 valence electrons. The summed E-state index contributed by atoms with van der Waals surface area (Å²) >= 11 is 0. The maximum absolute atomic E-state index is 13.8. The quantitative estimate of drug-likeness (QED) is 0.456. The van der Waals surface area contributed by atoms with Crippen molar-refractivity contribution in [2.45, 2.75) is 18.9 Å². The van der Waals surface area contributed by atoms with Gasteiger partial charge in [-0.3, -0.25) is 14.4 Å². The molecule has 2 aliphatic carbocycles. The third kappa shape index (κ3) is 2.71. The van der Waals surface area contributed by atoms with Crippen molar-refractivity contribution >= 4 is 34.3 Å². The number of aromatic amines is 1. The highest BCUT2D eigenvalue weighted by atomic mass is 16.5. The Morgan fingerprint density at radius 3 is 2.43 bits per heavy atom. The third-order valence-corrected chi connectivity index (χ3v) is 8.01. The molecule has 1 aromatic carbocycles. The fraction of sp³-hybridized carbons (Fsp3) is 0.385. The minimum absolute atomic E-state index is 0.0364. The number of methoxy groups -OCH3 is 4. The second-order valence-electron chi connectivity index (χ2n) is 9.80. The van der Waals surface area contributed by atoms with Crippen molar-refractivity contribution in [2.75, 3.05) is 35.0 Å². The molecular formula is C26H25N3O8. The average molecular weight is 507 g/mol. The van der Waals surface area contributed by atoms with Gasteiger partial charge >= 0.3 is 5.97 Å². The summed E-state index contributed by atoms with van der Waals surface area (Å²) in [7, 11) is 5.70. The van der Waals surface area contributed by atoms with Crippen LogP contribution in [0.2, 0.25) is 0 Å². The largest absolute Gasteiger partial charge is 0.493 e. The Labute approximate surface area is 211 Å². The number of amides is 1. The van der Waals surface area contributed by atoms with Crippen LogP contribution >= 0.6 is 0 Å². The second kappa shape index (κ2) is 7.37. The molecule has 1 amide bonds. The smallest absolute Gasteiger partial charge is 0.339 e. The number of nitrogens with zero attached hydrogens (tertiary/aromatic N) is 1. The van der Waals surface area contributed by atoms with Gasteiger partial charge in [0.1, 0.15) is 5.69 Å². The number of Topliss-reactive ketones (excluding diaryl/α,β-unsaturated/α-hetero) is 1. The number of rotatable bonds is 5. The van der Waals surface area contributed by atoms with E-state index in [1.165, 1.54) is 41.4 Å². The van der Waals surface area contributed by atoms with Crippen LogP contribution in [0.4, 0.5) is 0 Å². The Morgan fingerprint density at radius 2 is 1.78 bits per heavy atom. The number of ether oxygens (including phenoxy) is 4. The van der Waals surface area contributed by atoms with E-state index in [1.54, 1.807) is 17.0 Å². The molecule has 1 aromatic heterocycles. The molecular weight excluding hydrogens is 482 g/mol. The van der Waals surface area contributed by atoms with Gasteiger partial charge in [0.15, 0.2) is 22.8 Å². The fourth-order valence-electron chi connectivity index (χ4n) is 6.15. The summed E-state index contributed by atoms with van der Waals surface area (Å²) < 4.78 is 21.2. The molecule has 11 heteroatoms. The molecule has 1 unspecified atom stereocenters. The number of likely N-dealkylation sites (tertiary alicyclic amines) is 1. The van der Waals surface area contributed by atoms with Crippen LogP contribution in [-0.2, 0) is 19.1 Å². The highest BCUT2D eigenvalue weighted by Gasteiger charge is 2.73. The minimum Gasteiger partial charge on any atom is -0.493 e. The van der Waals surface area contributed by atoms with Gasteiger partial charge in [0.25, 0.3) is 5.91 Å². The minimum atomic E-state index is -1.68. The molecule has 3 atom stereocenters. The lowest BCUT2D eigenvalue weighted by atomic mass is 9.80. The number of ketones is 2. The number of carbonyl (C=O) groups is 4. The number of nitrogens with one attached hydrogen (secondary N) is 2. The first-order valence-electron chi connectivity index (χ1n) is 11.7. The van der Waals surface area contributed by atoms with E-state index in [-0.39, 0.29) is 28.8 Å². The number of carbonyl (C=O) groups excluding carboxylic acids is 4. The number of esters is 1. The normalized spacial score (nSPS) is 27.3. The van der Waals surface area contributed by atoms with Gasteiger partial charge in [-0.1, -0.05) is 0 Å². The molecule has 1 spiro atoms. The standard InChI is InChI=1S/C26H25N3O8/c1-25(24(33)37-5)22(31)17-19(28-25)14(30)8-16-26(17)9-12(26)10-29(16)23(32)13-6-11-7-15(34-2)20(35-3)21(36-4)18(11)27-13/h6-8,12,27-28H,9-10H2,1-5H3/t12-,25-,26?/m1/s1. The number of allylic oxidation sites excluding steroid dienone is 2. The molecule has 11 nitrogen and oxygen atoms in total. The van der Waals surface area contributed by atoms with E-state index in [4.69, 9.17) is 18.9 Å². The summed E-state index contributed by atoms with van der Waals surface area (Å²) in [6.45, 7) is 1.76. The lowest BCUT2D eigenvalue weighted by Gasteiger charge is -2.28. The second-order valence-corrected chi connectivity index (χ2v) is 9.80. The van der Waals surface area contributed by atoms with E-state index in [9.17, 15) is 19.2 Å². The molecule has 1 saturated heterocycles. The van der Waals surface area contributed by atoms with E-state index in [1.807, 2.05) is 0 Å². The molecule has 2 fully saturated rings. The van der Waals surface area contributed by atoms with Crippen LogP contribution in [0.15, 0.2) is 35.2 Å². The molecule has 1 saturated carbocycles. The van der Waals surface area contributed by atoms with Crippen molar-refractivity contribution in [3.63, 3.8) is 0 Å². The SMILES string of the molecule is COC(=O)[C@]1(C)NC2=C(C1=O)C13C[C@@H]1CN(C(=O)c1cc4cc(OC)c(OC)c(OC)c4[nH]1)C3=CC2=O. The van der Waals surface area contributed by atoms with Crippen molar-refractivity contribution in [1.29, 1.82) is 0 Å². The predicted molar refractivity (Wildman–Crippen MR) is 128 cm³/mol. The Bertz CT molecular complexity index is 1520. The van der Waals surface area contributed by atoms with Crippen LogP contribution in [0.25, 0.3) is 10.9 Å². The van der Waals surface area contributed by atoms with E-state index < -0.39 is 28.5 Å². The highest BCUT2D eigenvalue weighted by Crippen LogP contribution is 2.70. The van der Waals surface area contributed by atoms with E-state index in [0.29, 0.717) is 46.8 Å². The van der Waals surface area contributed by atoms with Gasteiger partial charge < -0.3 is 34.1 Å². The maximum Gasteiger partial charge on any atom is 0.339 e. The zero-order valence-corrected chi connectivity index (χ0v) is 20.9. The molecule has 0 radical (unpaired) electrons. The first kappa shape index (κ1) is 23.1. The Morgan fingerprint density at radius 1 is 1.05 bits per heavy atom. The van der Waals surface area contributed by atoms with Crippen molar-refractivity contribution < 1.29 is 38.1 Å². The van der Waals surface area contributed by atoms with Crippen molar-refractivity contribution in [3.8, 4) is 17.2 Å². The van der Waals surface area contributed by atoms with Crippen LogP contribution in [0, 0.1) is 11.3 Å². The van der Waals surface area contributed by atoms with Crippen LogP contribution in [0.3, 0.4) is 0 Å². The van der Waals surface area contributed by atoms with E-state index in [2.05, 4.69) is 10.3 Å². The van der Waals surface area contributed by atoms with Crippen LogP contribution in [0.5, 0.6) is 17.2 Å². The summed E-state index contributed by atoms with van der Waals surface area (Å²) in [6.07, 6.45) is 2.02. The van der Waals surface area contributed by atoms with Crippen LogP contribution < -0.4 is 19.5 Å². The monoisotopic (exact) mass is 507 g/mol. The summed E-state index contributed by atoms with van der Waals surface area (Å²) in [5.74, 6) is -0.852. The number of fused-ring (bicyclic) bond motifs is 1. The Kier molecular flexibility index (Phi) is 4.61. The predicted octanol–water partition coefficient (Wildman–Crippen LogP) is 1.48. The lowest BCUT2D eigenvalue weighted by molar-refractivity contribution is -0.150. The molecule has 3 heterocycles. The fourth-order valence-corrected chi connectivity index (χ4v) is 6.15. The summed E-state index contributed by atoms with van der Waals surface area (Å²) in [4.78, 5) is 57.5. The summed E-state index contributed by atoms with van der Waals surface area (Å²) in [5, 5.41) is 3.51. The first-order valence-corrected chi connectivity index (χ1v) is 11.7. The molecule has 2 N–H and O–H groups in total. The zero-order chi connectivity index (χ0) is 26.4. The van der Waals surface area contributed by atoms with Gasteiger partial charge in [-0.25, -0.2) is 4.79 Å². The average Bonchev–Trinajstić information content (AvgIpc) is 3.15. The zero-order valence-electron chi connectivity index (χ0n) is 20.9. The van der Waals surface area contributed by atoms with E-state index in [0.717, 1.165) is 0 Å². The van der Waals surface area contributed by atoms with Crippen molar-refractivity contribution in [1.82, 2.24) is 15.2 Å². The molecule has 2 aromatic rings. The number of benzene rings is 1. The van der Waals surface area contributed by atoms with Gasteiger partial charge in [0.2, 0.25) is 11.5 Å². The summed E-state index contributed by atoms with van der Waals surface area (Å²) in [6, 6.07) is 3.43. The van der Waals surface area contributed by atoms with Gasteiger partial charge in [-0.2, -0.15) is 0 Å². The number of piperidine rings is 1. The van der Waals surface area contributed by atoms with Crippen LogP contribution in [0.1, 0.15) is 23.8 Å². The van der Waals surface area contributed by atoms with Gasteiger partial charge in [0, 0.05) is 34.7 Å². The van der Waals surface area contributed by atoms with E-state index >= 15 is 0 Å². The lowest BCUT2D eigenvalue weighted by Crippen LogP contribution is -2.52. The van der Waals surface area contributed by atoms with Crippen molar-refractivity contribution in [3.05, 3.63) is 40.9 Å². The number of aromatic nitrogens is 1. The molecule has 6 rings (SSSR count). The number of hydrogen-bond donors (Lipinski definition) is 2. The van der Waals surface area contributed by atoms with Gasteiger partial charge in [-0.05, 0) is 31.4 Å². The Hall–Kier alpha value is -4.28. The number of H-pyrrole nitrogens is 1. The number of hydrogen-bond acceptors (Lipinski definition) is 9. The molecule has 2 aliphatic heterocycles. The Balaban J connectivity index is 1.38. The maximum atomic E-state index is 13.8. The van der Waals surface area contributed by atoms with Crippen molar-refractivity contribution in [2.24, 2.45) is 11.3 Å². The van der Waals surface area contributed by atoms with Gasteiger partial charge in [-0.15, -0.1) is 0 Å². The summed E-state index contributed by atoms with van der Waals surface area (Å²) in [5.41, 5.74) is -0.733. The topological polar surface area (TPSA) is 136 Å².